The van der Waals surface area contributed by atoms with Crippen molar-refractivity contribution in [2.24, 2.45) is 0 Å². The lowest BCUT2D eigenvalue weighted by Crippen LogP contribution is -2.15. The van der Waals surface area contributed by atoms with Crippen LogP contribution in [0.1, 0.15) is 11.1 Å². The van der Waals surface area contributed by atoms with Gasteiger partial charge >= 0.3 is 0 Å². The molecule has 14 heavy (non-hydrogen) atoms. The summed E-state index contributed by atoms with van der Waals surface area (Å²) < 4.78 is 10.2. The van der Waals surface area contributed by atoms with Gasteiger partial charge in [0.2, 0.25) is 0 Å². The fourth-order valence-electron chi connectivity index (χ4n) is 1.25. The van der Waals surface area contributed by atoms with Crippen LogP contribution in [-0.4, -0.2) is 20.5 Å². The minimum atomic E-state index is -0.162. The van der Waals surface area contributed by atoms with Gasteiger partial charge in [0, 0.05) is 20.6 Å². The molecule has 0 amide bonds. The molecule has 76 valence electrons. The van der Waals surface area contributed by atoms with Crippen LogP contribution in [0.25, 0.3) is 6.08 Å². The van der Waals surface area contributed by atoms with Crippen LogP contribution < -0.4 is 0 Å². The average Bonchev–Trinajstić information content (AvgIpc) is 2.26. The fraction of sp³-hybridized carbons (Fsp3) is 0.333. The quantitative estimate of drug-likeness (QED) is 0.667. The van der Waals surface area contributed by atoms with Crippen molar-refractivity contribution in [2.75, 3.05) is 14.2 Å². The van der Waals surface area contributed by atoms with Gasteiger partial charge in [-0.3, -0.25) is 0 Å². The third-order valence-corrected chi connectivity index (χ3v) is 2.14. The molecule has 0 saturated carbocycles. The summed E-state index contributed by atoms with van der Waals surface area (Å²) in [7, 11) is 3.29. The maximum Gasteiger partial charge on any atom is 0.160 e. The first-order valence-corrected chi connectivity index (χ1v) is 4.57. The summed E-state index contributed by atoms with van der Waals surface area (Å²) in [6.45, 7) is 3.70. The Labute approximate surface area is 85.2 Å². The van der Waals surface area contributed by atoms with Crippen LogP contribution in [-0.2, 0) is 15.9 Å². The van der Waals surface area contributed by atoms with Gasteiger partial charge in [0.05, 0.1) is 0 Å². The van der Waals surface area contributed by atoms with Crippen LogP contribution in [0, 0.1) is 0 Å². The zero-order valence-electron chi connectivity index (χ0n) is 8.69. The lowest BCUT2D eigenvalue weighted by molar-refractivity contribution is -0.100. The van der Waals surface area contributed by atoms with Gasteiger partial charge in [0.1, 0.15) is 0 Å². The first-order valence-electron chi connectivity index (χ1n) is 4.57. The summed E-state index contributed by atoms with van der Waals surface area (Å²) in [5.74, 6) is 0. The minimum absolute atomic E-state index is 0.162. The fourth-order valence-corrected chi connectivity index (χ4v) is 1.25. The number of methoxy groups -OCH3 is 2. The topological polar surface area (TPSA) is 18.5 Å². The zero-order valence-corrected chi connectivity index (χ0v) is 8.69. The highest BCUT2D eigenvalue weighted by atomic mass is 16.7. The number of hydrogen-bond acceptors (Lipinski definition) is 2. The normalized spacial score (nSPS) is 10.5. The molecule has 0 aromatic heterocycles. The lowest BCUT2D eigenvalue weighted by atomic mass is 10.1. The Morgan fingerprint density at radius 2 is 1.79 bits per heavy atom. The van der Waals surface area contributed by atoms with Crippen LogP contribution in [0.15, 0.2) is 30.8 Å². The molecule has 0 bridgehead atoms. The second-order valence-electron chi connectivity index (χ2n) is 3.05. The smallest absolute Gasteiger partial charge is 0.160 e. The molecule has 0 N–H and O–H groups in total. The van der Waals surface area contributed by atoms with E-state index in [0.29, 0.717) is 0 Å². The van der Waals surface area contributed by atoms with Crippen molar-refractivity contribution in [3.63, 3.8) is 0 Å². The van der Waals surface area contributed by atoms with Crippen LogP contribution in [0.3, 0.4) is 0 Å². The summed E-state index contributed by atoms with van der Waals surface area (Å²) in [6, 6.07) is 8.18. The van der Waals surface area contributed by atoms with Crippen molar-refractivity contribution in [1.82, 2.24) is 0 Å². The molecule has 0 heterocycles. The van der Waals surface area contributed by atoms with E-state index in [1.165, 1.54) is 5.56 Å². The lowest BCUT2D eigenvalue weighted by Gasteiger charge is -2.12. The van der Waals surface area contributed by atoms with Gasteiger partial charge in [-0.2, -0.15) is 0 Å². The van der Waals surface area contributed by atoms with E-state index in [4.69, 9.17) is 9.47 Å². The Morgan fingerprint density at radius 3 is 2.21 bits per heavy atom. The molecule has 2 heteroatoms. The maximum atomic E-state index is 5.12. The van der Waals surface area contributed by atoms with Crippen LogP contribution >= 0.6 is 0 Å². The van der Waals surface area contributed by atoms with Crippen molar-refractivity contribution in [2.45, 2.75) is 12.7 Å². The Hall–Kier alpha value is -1.12. The minimum Gasteiger partial charge on any atom is -0.356 e. The molecule has 2 nitrogen and oxygen atoms in total. The van der Waals surface area contributed by atoms with Crippen molar-refractivity contribution >= 4 is 6.08 Å². The van der Waals surface area contributed by atoms with E-state index in [1.54, 1.807) is 14.2 Å². The summed E-state index contributed by atoms with van der Waals surface area (Å²) in [5.41, 5.74) is 2.32. The highest BCUT2D eigenvalue weighted by Gasteiger charge is 2.05. The molecule has 0 unspecified atom stereocenters. The second-order valence-corrected chi connectivity index (χ2v) is 3.05. The predicted octanol–water partition coefficient (Wildman–Crippen LogP) is 2.49. The van der Waals surface area contributed by atoms with Gasteiger partial charge in [-0.1, -0.05) is 36.9 Å². The van der Waals surface area contributed by atoms with Crippen molar-refractivity contribution < 1.29 is 9.47 Å². The third-order valence-electron chi connectivity index (χ3n) is 2.14. The maximum absolute atomic E-state index is 5.12. The molecular formula is C12H16O2. The Kier molecular flexibility index (Phi) is 4.36. The molecule has 1 rings (SSSR count). The molecule has 1 aromatic carbocycles. The third kappa shape index (κ3) is 2.98. The summed E-state index contributed by atoms with van der Waals surface area (Å²) in [5, 5.41) is 0. The highest BCUT2D eigenvalue weighted by molar-refractivity contribution is 5.47. The summed E-state index contributed by atoms with van der Waals surface area (Å²) in [6.07, 6.45) is 2.43. The van der Waals surface area contributed by atoms with E-state index < -0.39 is 0 Å². The van der Waals surface area contributed by atoms with E-state index in [1.807, 2.05) is 18.2 Å². The van der Waals surface area contributed by atoms with E-state index in [-0.39, 0.29) is 6.29 Å². The number of ether oxygens (including phenoxy) is 2. The van der Waals surface area contributed by atoms with E-state index in [0.717, 1.165) is 12.0 Å². The molecule has 0 aliphatic heterocycles. The summed E-state index contributed by atoms with van der Waals surface area (Å²) in [4.78, 5) is 0. The van der Waals surface area contributed by atoms with Gasteiger partial charge in [-0.05, 0) is 11.1 Å². The van der Waals surface area contributed by atoms with Gasteiger partial charge in [-0.15, -0.1) is 0 Å². The van der Waals surface area contributed by atoms with Crippen molar-refractivity contribution in [3.05, 3.63) is 42.0 Å². The van der Waals surface area contributed by atoms with Gasteiger partial charge in [0.15, 0.2) is 6.29 Å². The predicted molar refractivity (Wildman–Crippen MR) is 58.0 cm³/mol. The monoisotopic (exact) mass is 192 g/mol. The van der Waals surface area contributed by atoms with Crippen LogP contribution in [0.5, 0.6) is 0 Å². The van der Waals surface area contributed by atoms with Gasteiger partial charge < -0.3 is 9.47 Å². The van der Waals surface area contributed by atoms with E-state index >= 15 is 0 Å². The van der Waals surface area contributed by atoms with Gasteiger partial charge in [0.25, 0.3) is 0 Å². The van der Waals surface area contributed by atoms with Crippen molar-refractivity contribution in [1.29, 1.82) is 0 Å². The number of benzene rings is 1. The Morgan fingerprint density at radius 1 is 1.21 bits per heavy atom. The van der Waals surface area contributed by atoms with Crippen molar-refractivity contribution in [3.8, 4) is 0 Å². The largest absolute Gasteiger partial charge is 0.356 e. The molecule has 0 aliphatic rings. The van der Waals surface area contributed by atoms with Crippen LogP contribution in [0.4, 0.5) is 0 Å². The molecule has 0 aliphatic carbocycles. The highest BCUT2D eigenvalue weighted by Crippen LogP contribution is 2.09. The average molecular weight is 192 g/mol. The van der Waals surface area contributed by atoms with Gasteiger partial charge in [-0.25, -0.2) is 0 Å². The first kappa shape index (κ1) is 11.0. The summed E-state index contributed by atoms with van der Waals surface area (Å²) >= 11 is 0. The van der Waals surface area contributed by atoms with E-state index in [9.17, 15) is 0 Å². The first-order chi connectivity index (χ1) is 6.80. The molecule has 0 atom stereocenters. The SMILES string of the molecule is C=Cc1ccc(CC(OC)OC)cc1. The molecule has 0 spiro atoms. The molecule has 0 fully saturated rings. The standard InChI is InChI=1S/C12H16O2/c1-4-10-5-7-11(8-6-10)9-12(13-2)14-3/h4-8,12H,1,9H2,2-3H3. The molecule has 0 saturated heterocycles. The zero-order chi connectivity index (χ0) is 10.4. The van der Waals surface area contributed by atoms with E-state index in [2.05, 4.69) is 18.7 Å². The molecule has 0 radical (unpaired) electrons. The van der Waals surface area contributed by atoms with Crippen LogP contribution in [0.2, 0.25) is 0 Å². The number of rotatable bonds is 5. The second kappa shape index (κ2) is 5.58. The molecular weight excluding hydrogens is 176 g/mol. The number of hydrogen-bond donors (Lipinski definition) is 0. The molecule has 1 aromatic rings. The Balaban J connectivity index is 2.63. The Bertz CT molecular complexity index is 273.